The van der Waals surface area contributed by atoms with E-state index >= 15 is 0 Å². The van der Waals surface area contributed by atoms with E-state index in [0.717, 1.165) is 7.11 Å². The maximum atomic E-state index is 13.9. The Bertz CT molecular complexity index is 1420. The summed E-state index contributed by atoms with van der Waals surface area (Å²) < 4.78 is 37.0. The number of anilines is 1. The minimum absolute atomic E-state index is 0.0790. The third kappa shape index (κ3) is 7.80. The first-order valence-corrected chi connectivity index (χ1v) is 14.1. The zero-order valence-electron chi connectivity index (χ0n) is 23.4. The van der Waals surface area contributed by atoms with Gasteiger partial charge in [0.2, 0.25) is 5.60 Å². The standard InChI is InChI=1S/C26H35N6O8P/c1-17(24(35)38-14-25(2,3)4)31-41(36,40-18-9-7-6-8-10-18)39-15-26(13-27,37-5)22(34)21(33)19-11-12-20-23(28)29-16-30-32(19)20/h6-12,16-17,21-22,33-34H,14-15H2,1-5H3,(H,31,36)(H2,28,29,30)/t17-,21+,22+,26?,41?/m1/s1. The van der Waals surface area contributed by atoms with Crippen LogP contribution in [0.25, 0.3) is 5.52 Å². The number of methoxy groups -OCH3 is 1. The van der Waals surface area contributed by atoms with Crippen LogP contribution in [0.1, 0.15) is 39.5 Å². The van der Waals surface area contributed by atoms with E-state index in [4.69, 9.17) is 24.3 Å². The predicted octanol–water partition coefficient (Wildman–Crippen LogP) is 2.39. The minimum Gasteiger partial charge on any atom is -0.464 e. The first kappa shape index (κ1) is 32.0. The van der Waals surface area contributed by atoms with Crippen molar-refractivity contribution >= 4 is 25.1 Å². The number of hydrogen-bond acceptors (Lipinski definition) is 12. The van der Waals surface area contributed by atoms with Crippen molar-refractivity contribution in [1.82, 2.24) is 19.7 Å². The van der Waals surface area contributed by atoms with E-state index in [2.05, 4.69) is 15.2 Å². The first-order chi connectivity index (χ1) is 19.2. The first-order valence-electron chi connectivity index (χ1n) is 12.6. The van der Waals surface area contributed by atoms with E-state index in [1.165, 1.54) is 42.0 Å². The lowest BCUT2D eigenvalue weighted by molar-refractivity contribution is -0.148. The molecule has 3 rings (SSSR count). The monoisotopic (exact) mass is 590 g/mol. The van der Waals surface area contributed by atoms with Gasteiger partial charge >= 0.3 is 13.7 Å². The fourth-order valence-electron chi connectivity index (χ4n) is 3.62. The van der Waals surface area contributed by atoms with Crippen molar-refractivity contribution in [3.05, 3.63) is 54.5 Å². The molecule has 0 aliphatic rings. The summed E-state index contributed by atoms with van der Waals surface area (Å²) in [5.74, 6) is -0.443. The fraction of sp³-hybridized carbons (Fsp3) is 0.462. The number of benzene rings is 1. The van der Waals surface area contributed by atoms with Crippen LogP contribution in [0.2, 0.25) is 0 Å². The topological polar surface area (TPSA) is 204 Å². The van der Waals surface area contributed by atoms with Crippen LogP contribution < -0.4 is 15.3 Å². The molecule has 222 valence electrons. The molecule has 0 radical (unpaired) electrons. The van der Waals surface area contributed by atoms with Crippen LogP contribution in [-0.4, -0.2) is 68.9 Å². The maximum Gasteiger partial charge on any atom is 0.459 e. The summed E-state index contributed by atoms with van der Waals surface area (Å²) in [4.78, 5) is 16.5. The van der Waals surface area contributed by atoms with Crippen molar-refractivity contribution in [3.8, 4) is 11.8 Å². The number of carbonyl (C=O) groups is 1. The average molecular weight is 591 g/mol. The SMILES string of the molecule is COC(C#N)(COP(=O)(N[C@H](C)C(=O)OCC(C)(C)C)Oc1ccccc1)[C@@H](O)[C@@H](O)c1ccc2c(N)ncnn12. The van der Waals surface area contributed by atoms with Gasteiger partial charge in [-0.1, -0.05) is 39.0 Å². The normalized spacial score (nSPS) is 17.0. The highest BCUT2D eigenvalue weighted by Crippen LogP contribution is 2.46. The molecule has 0 amide bonds. The van der Waals surface area contributed by atoms with Gasteiger partial charge in [-0.25, -0.2) is 14.1 Å². The second-order valence-electron chi connectivity index (χ2n) is 10.5. The van der Waals surface area contributed by atoms with Crippen LogP contribution in [-0.2, 0) is 23.4 Å². The van der Waals surface area contributed by atoms with Gasteiger partial charge in [0.15, 0.2) is 5.82 Å². The number of nitrogens with two attached hydrogens (primary N) is 1. The summed E-state index contributed by atoms with van der Waals surface area (Å²) in [6.45, 7) is 6.33. The molecule has 0 bridgehead atoms. The Kier molecular flexibility index (Phi) is 10.1. The molecule has 1 aromatic carbocycles. The van der Waals surface area contributed by atoms with Gasteiger partial charge in [-0.3, -0.25) is 9.32 Å². The van der Waals surface area contributed by atoms with Gasteiger partial charge in [-0.05, 0) is 36.6 Å². The molecule has 2 unspecified atom stereocenters. The van der Waals surface area contributed by atoms with Crippen LogP contribution in [0.15, 0.2) is 48.8 Å². The van der Waals surface area contributed by atoms with Crippen molar-refractivity contribution < 1.29 is 38.1 Å². The van der Waals surface area contributed by atoms with Crippen molar-refractivity contribution in [2.24, 2.45) is 5.41 Å². The zero-order valence-corrected chi connectivity index (χ0v) is 24.3. The summed E-state index contributed by atoms with van der Waals surface area (Å²) in [5.41, 5.74) is 3.73. The summed E-state index contributed by atoms with van der Waals surface area (Å²) in [6.07, 6.45) is -2.51. The lowest BCUT2D eigenvalue weighted by Crippen LogP contribution is -2.50. The molecule has 0 spiro atoms. The molecule has 3 aromatic rings. The quantitative estimate of drug-likeness (QED) is 0.167. The molecule has 5 N–H and O–H groups in total. The van der Waals surface area contributed by atoms with Gasteiger partial charge in [-0.15, -0.1) is 0 Å². The second-order valence-corrected chi connectivity index (χ2v) is 12.2. The Balaban J connectivity index is 1.86. The molecule has 0 aliphatic carbocycles. The molecular weight excluding hydrogens is 555 g/mol. The van der Waals surface area contributed by atoms with E-state index in [-0.39, 0.29) is 29.3 Å². The highest BCUT2D eigenvalue weighted by molar-refractivity contribution is 7.52. The molecule has 0 saturated heterocycles. The number of hydrogen-bond donors (Lipinski definition) is 4. The third-order valence-electron chi connectivity index (χ3n) is 5.91. The number of aromatic nitrogens is 3. The number of nitrogen functional groups attached to an aromatic ring is 1. The molecular formula is C26H35N6O8P. The Morgan fingerprint density at radius 3 is 2.49 bits per heavy atom. The lowest BCUT2D eigenvalue weighted by Gasteiger charge is -2.34. The number of aliphatic hydroxyl groups is 2. The smallest absolute Gasteiger partial charge is 0.459 e. The van der Waals surface area contributed by atoms with Crippen molar-refractivity contribution in [1.29, 1.82) is 5.26 Å². The minimum atomic E-state index is -4.43. The van der Waals surface area contributed by atoms with E-state index in [0.29, 0.717) is 5.52 Å². The molecule has 2 aromatic heterocycles. The van der Waals surface area contributed by atoms with Crippen molar-refractivity contribution in [2.45, 2.75) is 51.5 Å². The van der Waals surface area contributed by atoms with Gasteiger partial charge in [0.05, 0.1) is 12.3 Å². The van der Waals surface area contributed by atoms with E-state index in [1.807, 2.05) is 20.8 Å². The van der Waals surface area contributed by atoms with Crippen molar-refractivity contribution in [2.75, 3.05) is 26.1 Å². The largest absolute Gasteiger partial charge is 0.464 e. The molecule has 41 heavy (non-hydrogen) atoms. The molecule has 14 nitrogen and oxygen atoms in total. The average Bonchev–Trinajstić information content (AvgIpc) is 3.37. The van der Waals surface area contributed by atoms with Crippen LogP contribution in [0.3, 0.4) is 0 Å². The number of carbonyl (C=O) groups excluding carboxylic acids is 1. The molecule has 15 heteroatoms. The summed E-state index contributed by atoms with van der Waals surface area (Å²) in [7, 11) is -3.32. The Morgan fingerprint density at radius 2 is 1.88 bits per heavy atom. The van der Waals surface area contributed by atoms with Crippen molar-refractivity contribution in [3.63, 3.8) is 0 Å². The number of nitriles is 1. The number of nitrogens with one attached hydrogen (secondary N) is 1. The number of ether oxygens (including phenoxy) is 2. The third-order valence-corrected chi connectivity index (χ3v) is 7.54. The Labute approximate surface area is 237 Å². The highest BCUT2D eigenvalue weighted by Gasteiger charge is 2.47. The van der Waals surface area contributed by atoms with Crippen LogP contribution in [0, 0.1) is 16.7 Å². The van der Waals surface area contributed by atoms with Gasteiger partial charge in [0.1, 0.15) is 48.5 Å². The molecule has 0 saturated carbocycles. The van der Waals surface area contributed by atoms with E-state index in [9.17, 15) is 24.8 Å². The number of aliphatic hydroxyl groups excluding tert-OH is 2. The molecule has 0 fully saturated rings. The Morgan fingerprint density at radius 1 is 1.20 bits per heavy atom. The summed E-state index contributed by atoms with van der Waals surface area (Å²) in [5, 5.41) is 38.8. The van der Waals surface area contributed by atoms with Gasteiger partial charge in [-0.2, -0.15) is 15.4 Å². The van der Waals surface area contributed by atoms with E-state index in [1.54, 1.807) is 24.3 Å². The van der Waals surface area contributed by atoms with Gasteiger partial charge in [0.25, 0.3) is 0 Å². The van der Waals surface area contributed by atoms with E-state index < -0.39 is 44.2 Å². The van der Waals surface area contributed by atoms with Crippen LogP contribution in [0.4, 0.5) is 5.82 Å². The number of rotatable bonds is 13. The zero-order chi connectivity index (χ0) is 30.4. The van der Waals surface area contributed by atoms with Crippen LogP contribution >= 0.6 is 7.75 Å². The maximum absolute atomic E-state index is 13.9. The number of esters is 1. The highest BCUT2D eigenvalue weighted by atomic mass is 31.2. The summed E-state index contributed by atoms with van der Waals surface area (Å²) in [6, 6.07) is 11.6. The second kappa shape index (κ2) is 12.9. The summed E-state index contributed by atoms with van der Waals surface area (Å²) >= 11 is 0. The Hall–Kier alpha value is -3.57. The predicted molar refractivity (Wildman–Crippen MR) is 147 cm³/mol. The molecule has 5 atom stereocenters. The molecule has 0 aliphatic heterocycles. The fourth-order valence-corrected chi connectivity index (χ4v) is 5.14. The number of nitrogens with zero attached hydrogens (tertiary/aromatic N) is 4. The molecule has 2 heterocycles. The number of fused-ring (bicyclic) bond motifs is 1. The van der Waals surface area contributed by atoms with Gasteiger partial charge in [0, 0.05) is 7.11 Å². The lowest BCUT2D eigenvalue weighted by atomic mass is 9.93. The van der Waals surface area contributed by atoms with Crippen LogP contribution in [0.5, 0.6) is 5.75 Å². The number of para-hydroxylation sites is 1. The van der Waals surface area contributed by atoms with Gasteiger partial charge < -0.3 is 29.9 Å².